The topological polar surface area (TPSA) is 124 Å². The van der Waals surface area contributed by atoms with Crippen molar-refractivity contribution < 1.29 is 25.9 Å². The summed E-state index contributed by atoms with van der Waals surface area (Å²) in [5.74, 6) is -0.411. The summed E-state index contributed by atoms with van der Waals surface area (Å²) in [5, 5.41) is 11.2. The molecule has 2 aromatic carbocycles. The van der Waals surface area contributed by atoms with E-state index in [-0.39, 0.29) is 9.79 Å². The van der Waals surface area contributed by atoms with Gasteiger partial charge in [0.1, 0.15) is 4.90 Å². The Morgan fingerprint density at radius 3 is 2.10 bits per heavy atom. The highest BCUT2D eigenvalue weighted by Gasteiger charge is 2.27. The molecule has 11 heteroatoms. The molecule has 2 aromatic rings. The van der Waals surface area contributed by atoms with E-state index in [1.165, 1.54) is 34.6 Å². The lowest BCUT2D eigenvalue weighted by Gasteiger charge is -2.25. The maximum atomic E-state index is 12.7. The lowest BCUT2D eigenvalue weighted by atomic mass is 10.2. The van der Waals surface area contributed by atoms with Crippen LogP contribution in [0.1, 0.15) is 24.8 Å². The molecule has 9 nitrogen and oxygen atoms in total. The third-order valence-electron chi connectivity index (χ3n) is 4.58. The number of rotatable bonds is 6. The van der Waals surface area contributed by atoms with Crippen LogP contribution in [-0.4, -0.2) is 39.2 Å². The van der Waals surface area contributed by atoms with Crippen LogP contribution in [0.25, 0.3) is 0 Å². The minimum atomic E-state index is -4.38. The van der Waals surface area contributed by atoms with Crippen molar-refractivity contribution in [3.8, 4) is 5.75 Å². The number of nitro benzene ring substituents is 1. The molecule has 0 radical (unpaired) electrons. The Morgan fingerprint density at radius 2 is 1.52 bits per heavy atom. The quantitative estimate of drug-likeness (QED) is 0.384. The van der Waals surface area contributed by atoms with Crippen LogP contribution in [0.2, 0.25) is 0 Å². The van der Waals surface area contributed by atoms with Gasteiger partial charge in [0.05, 0.1) is 9.82 Å². The van der Waals surface area contributed by atoms with Crippen molar-refractivity contribution in [3.63, 3.8) is 0 Å². The van der Waals surface area contributed by atoms with Crippen LogP contribution in [0.4, 0.5) is 5.69 Å². The van der Waals surface area contributed by atoms with Gasteiger partial charge in [-0.3, -0.25) is 10.1 Å². The second-order valence-corrected chi connectivity index (χ2v) is 10.2. The van der Waals surface area contributed by atoms with Gasteiger partial charge in [-0.25, -0.2) is 8.42 Å². The van der Waals surface area contributed by atoms with E-state index < -0.39 is 36.5 Å². The van der Waals surface area contributed by atoms with Crippen molar-refractivity contribution in [2.75, 3.05) is 13.1 Å². The molecule has 0 atom stereocenters. The Kier molecular flexibility index (Phi) is 5.92. The Hall–Kier alpha value is -2.50. The predicted octanol–water partition coefficient (Wildman–Crippen LogP) is 2.85. The van der Waals surface area contributed by atoms with Crippen LogP contribution in [0.5, 0.6) is 5.75 Å². The second kappa shape index (κ2) is 8.09. The Balaban J connectivity index is 1.87. The van der Waals surface area contributed by atoms with Crippen molar-refractivity contribution in [1.82, 2.24) is 4.31 Å². The number of nitrogens with zero attached hydrogens (tertiary/aromatic N) is 2. The molecule has 0 N–H and O–H groups in total. The number of nitro groups is 1. The largest absolute Gasteiger partial charge is 0.372 e. The summed E-state index contributed by atoms with van der Waals surface area (Å²) in [6.07, 6.45) is 2.55. The highest BCUT2D eigenvalue weighted by atomic mass is 32.2. The van der Waals surface area contributed by atoms with Crippen LogP contribution in [0.15, 0.2) is 52.3 Å². The van der Waals surface area contributed by atoms with Gasteiger partial charge in [-0.15, -0.1) is 0 Å². The molecule has 0 saturated carbocycles. The maximum Gasteiger partial charge on any atom is 0.339 e. The molecule has 0 aliphatic carbocycles. The summed E-state index contributed by atoms with van der Waals surface area (Å²) >= 11 is 0. The van der Waals surface area contributed by atoms with Crippen LogP contribution < -0.4 is 4.18 Å². The molecule has 1 aliphatic heterocycles. The van der Waals surface area contributed by atoms with Crippen LogP contribution in [-0.2, 0) is 20.1 Å². The number of benzene rings is 2. The van der Waals surface area contributed by atoms with E-state index >= 15 is 0 Å². The molecular weight excluding hydrogens is 420 g/mol. The van der Waals surface area contributed by atoms with Gasteiger partial charge in [-0.05, 0) is 55.7 Å². The summed E-state index contributed by atoms with van der Waals surface area (Å²) in [5.41, 5.74) is 0.103. The third kappa shape index (κ3) is 4.57. The zero-order chi connectivity index (χ0) is 21.2. The summed E-state index contributed by atoms with van der Waals surface area (Å²) in [7, 11) is -8.08. The van der Waals surface area contributed by atoms with E-state index in [1.807, 2.05) is 0 Å². The number of piperidine rings is 1. The Bertz CT molecular complexity index is 1120. The van der Waals surface area contributed by atoms with E-state index in [4.69, 9.17) is 4.18 Å². The van der Waals surface area contributed by atoms with E-state index in [0.717, 1.165) is 31.4 Å². The number of hydrogen-bond donors (Lipinski definition) is 0. The molecule has 0 spiro atoms. The number of aryl methyl sites for hydroxylation is 1. The molecular formula is C18H20N2O7S2. The molecule has 156 valence electrons. The summed E-state index contributed by atoms with van der Waals surface area (Å²) < 4.78 is 56.7. The molecule has 1 fully saturated rings. The van der Waals surface area contributed by atoms with Crippen molar-refractivity contribution in [3.05, 3.63) is 58.1 Å². The first-order chi connectivity index (χ1) is 13.6. The number of hydrogen-bond acceptors (Lipinski definition) is 7. The zero-order valence-electron chi connectivity index (χ0n) is 15.6. The third-order valence-corrected chi connectivity index (χ3v) is 7.74. The summed E-state index contributed by atoms with van der Waals surface area (Å²) in [6.45, 7) is 2.50. The van der Waals surface area contributed by atoms with Gasteiger partial charge in [0, 0.05) is 19.2 Å². The fourth-order valence-electron chi connectivity index (χ4n) is 3.04. The first-order valence-electron chi connectivity index (χ1n) is 8.91. The molecule has 29 heavy (non-hydrogen) atoms. The molecule has 1 saturated heterocycles. The summed E-state index contributed by atoms with van der Waals surface area (Å²) in [6, 6.07) is 8.54. The van der Waals surface area contributed by atoms with Crippen molar-refractivity contribution in [2.45, 2.75) is 36.0 Å². The SMILES string of the molecule is Cc1ccc(OS(=O)(=O)c2ccc(S(=O)(=O)N3CCCCC3)cc2)c([N+](=O)[O-])c1. The van der Waals surface area contributed by atoms with E-state index in [0.29, 0.717) is 18.7 Å². The first-order valence-corrected chi connectivity index (χ1v) is 11.8. The highest BCUT2D eigenvalue weighted by Crippen LogP contribution is 2.31. The molecule has 1 heterocycles. The van der Waals surface area contributed by atoms with Gasteiger partial charge in [0.15, 0.2) is 0 Å². The van der Waals surface area contributed by atoms with Crippen molar-refractivity contribution in [1.29, 1.82) is 0 Å². The maximum absolute atomic E-state index is 12.7. The predicted molar refractivity (Wildman–Crippen MR) is 105 cm³/mol. The van der Waals surface area contributed by atoms with Crippen LogP contribution in [0.3, 0.4) is 0 Å². The van der Waals surface area contributed by atoms with Gasteiger partial charge in [0.25, 0.3) is 0 Å². The Labute approximate surface area is 169 Å². The van der Waals surface area contributed by atoms with E-state index in [1.54, 1.807) is 6.92 Å². The average Bonchev–Trinajstić information content (AvgIpc) is 2.70. The van der Waals surface area contributed by atoms with Crippen molar-refractivity contribution in [2.24, 2.45) is 0 Å². The van der Waals surface area contributed by atoms with Gasteiger partial charge in [-0.2, -0.15) is 12.7 Å². The fourth-order valence-corrected chi connectivity index (χ4v) is 5.50. The average molecular weight is 440 g/mol. The zero-order valence-corrected chi connectivity index (χ0v) is 17.3. The number of sulfonamides is 1. The first kappa shape index (κ1) is 21.2. The monoisotopic (exact) mass is 440 g/mol. The van der Waals surface area contributed by atoms with Gasteiger partial charge >= 0.3 is 15.8 Å². The fraction of sp³-hybridized carbons (Fsp3) is 0.333. The van der Waals surface area contributed by atoms with E-state index in [9.17, 15) is 26.9 Å². The normalized spacial score (nSPS) is 15.8. The van der Waals surface area contributed by atoms with E-state index in [2.05, 4.69) is 0 Å². The van der Waals surface area contributed by atoms with Crippen molar-refractivity contribution >= 4 is 25.8 Å². The molecule has 1 aliphatic rings. The standard InChI is InChI=1S/C18H20N2O7S2/c1-14-5-10-18(17(13-14)20(21)22)27-29(25,26)16-8-6-15(7-9-16)28(23,24)19-11-3-2-4-12-19/h5-10,13H,2-4,11-12H2,1H3. The lowest BCUT2D eigenvalue weighted by molar-refractivity contribution is -0.385. The van der Waals surface area contributed by atoms with Crippen LogP contribution in [0, 0.1) is 17.0 Å². The molecule has 0 aromatic heterocycles. The minimum Gasteiger partial charge on any atom is -0.372 e. The van der Waals surface area contributed by atoms with Crippen LogP contribution >= 0.6 is 0 Å². The highest BCUT2D eigenvalue weighted by molar-refractivity contribution is 7.89. The van der Waals surface area contributed by atoms with Gasteiger partial charge in [-0.1, -0.05) is 12.5 Å². The second-order valence-electron chi connectivity index (χ2n) is 6.70. The smallest absolute Gasteiger partial charge is 0.339 e. The molecule has 0 bridgehead atoms. The Morgan fingerprint density at radius 1 is 0.931 bits per heavy atom. The van der Waals surface area contributed by atoms with Gasteiger partial charge < -0.3 is 4.18 Å². The van der Waals surface area contributed by atoms with Gasteiger partial charge in [0.2, 0.25) is 15.8 Å². The lowest BCUT2D eigenvalue weighted by Crippen LogP contribution is -2.35. The molecule has 3 rings (SSSR count). The summed E-state index contributed by atoms with van der Waals surface area (Å²) in [4.78, 5) is 10.1. The minimum absolute atomic E-state index is 0.0142. The molecule has 0 amide bonds. The molecule has 0 unspecified atom stereocenters.